The normalized spacial score (nSPS) is 11.0. The Morgan fingerprint density at radius 2 is 1.81 bits per heavy atom. The Bertz CT molecular complexity index is 1350. The van der Waals surface area contributed by atoms with E-state index >= 15 is 0 Å². The molecule has 0 unspecified atom stereocenters. The van der Waals surface area contributed by atoms with Gasteiger partial charge >= 0.3 is 0 Å². The van der Waals surface area contributed by atoms with Gasteiger partial charge in [0.2, 0.25) is 5.91 Å². The third-order valence-electron chi connectivity index (χ3n) is 5.05. The molecule has 0 bridgehead atoms. The topological polar surface area (TPSA) is 68.5 Å². The first-order valence-corrected chi connectivity index (χ1v) is 11.8. The van der Waals surface area contributed by atoms with Crippen molar-refractivity contribution in [3.05, 3.63) is 82.9 Å². The smallest absolute Gasteiger partial charge is 0.226 e. The lowest BCUT2D eigenvalue weighted by Crippen LogP contribution is -2.25. The zero-order valence-electron chi connectivity index (χ0n) is 17.3. The van der Waals surface area contributed by atoms with E-state index in [9.17, 15) is 4.79 Å². The summed E-state index contributed by atoms with van der Waals surface area (Å²) in [6.45, 7) is 0.413. The largest absolute Gasteiger partial charge is 0.497 e. The molecule has 0 saturated heterocycles. The van der Waals surface area contributed by atoms with E-state index in [1.807, 2.05) is 76.0 Å². The number of methoxy groups -OCH3 is 1. The Morgan fingerprint density at radius 3 is 2.59 bits per heavy atom. The fourth-order valence-corrected chi connectivity index (χ4v) is 5.07. The van der Waals surface area contributed by atoms with E-state index in [1.54, 1.807) is 18.4 Å². The fourth-order valence-electron chi connectivity index (χ4n) is 3.38. The van der Waals surface area contributed by atoms with Crippen molar-refractivity contribution in [2.75, 3.05) is 7.11 Å². The molecule has 0 saturated carbocycles. The Morgan fingerprint density at radius 1 is 1.00 bits per heavy atom. The third kappa shape index (κ3) is 4.28. The molecule has 8 heteroatoms. The van der Waals surface area contributed by atoms with Crippen molar-refractivity contribution in [2.45, 2.75) is 13.0 Å². The molecule has 6 nitrogen and oxygen atoms in total. The van der Waals surface area contributed by atoms with Gasteiger partial charge in [0.15, 0.2) is 4.96 Å². The Labute approximate surface area is 193 Å². The zero-order valence-corrected chi connectivity index (χ0v) is 19.0. The molecule has 2 aromatic carbocycles. The van der Waals surface area contributed by atoms with E-state index in [1.165, 1.54) is 11.3 Å². The summed E-state index contributed by atoms with van der Waals surface area (Å²) in [5.74, 6) is 0.766. The minimum atomic E-state index is -0.0429. The van der Waals surface area contributed by atoms with Crippen LogP contribution in [-0.2, 0) is 17.8 Å². The highest BCUT2D eigenvalue weighted by Crippen LogP contribution is 2.26. The van der Waals surface area contributed by atoms with Crippen molar-refractivity contribution >= 4 is 33.5 Å². The number of aromatic nitrogens is 3. The molecule has 0 spiro atoms. The Kier molecular flexibility index (Phi) is 5.70. The summed E-state index contributed by atoms with van der Waals surface area (Å²) in [7, 11) is 1.65. The zero-order chi connectivity index (χ0) is 21.9. The van der Waals surface area contributed by atoms with Gasteiger partial charge in [-0.15, -0.1) is 22.7 Å². The van der Waals surface area contributed by atoms with E-state index in [4.69, 9.17) is 9.72 Å². The van der Waals surface area contributed by atoms with Gasteiger partial charge < -0.3 is 10.1 Å². The number of imidazole rings is 1. The van der Waals surface area contributed by atoms with Gasteiger partial charge in [0.25, 0.3) is 0 Å². The maximum Gasteiger partial charge on any atom is 0.226 e. The van der Waals surface area contributed by atoms with E-state index in [2.05, 4.69) is 10.3 Å². The molecule has 5 rings (SSSR count). The first kappa shape index (κ1) is 20.4. The first-order valence-electron chi connectivity index (χ1n) is 10.1. The van der Waals surface area contributed by atoms with Crippen molar-refractivity contribution < 1.29 is 9.53 Å². The highest BCUT2D eigenvalue weighted by atomic mass is 32.1. The van der Waals surface area contributed by atoms with Crippen molar-refractivity contribution in [1.29, 1.82) is 0 Å². The van der Waals surface area contributed by atoms with Gasteiger partial charge in [-0.25, -0.2) is 9.97 Å². The molecular formula is C24H20N4O2S2. The summed E-state index contributed by atoms with van der Waals surface area (Å²) in [5.41, 5.74) is 4.75. The van der Waals surface area contributed by atoms with Gasteiger partial charge in [-0.2, -0.15) is 0 Å². The fraction of sp³-hybridized carbons (Fsp3) is 0.125. The second kappa shape index (κ2) is 8.94. The summed E-state index contributed by atoms with van der Waals surface area (Å²) in [6, 6.07) is 17.8. The van der Waals surface area contributed by atoms with Gasteiger partial charge in [0.1, 0.15) is 10.8 Å². The van der Waals surface area contributed by atoms with Gasteiger partial charge in [-0.05, 0) is 24.3 Å². The monoisotopic (exact) mass is 460 g/mol. The summed E-state index contributed by atoms with van der Waals surface area (Å²) in [4.78, 5) is 22.8. The number of ether oxygens (including phenoxy) is 1. The number of carbonyl (C=O) groups is 1. The molecule has 0 aliphatic heterocycles. The summed E-state index contributed by atoms with van der Waals surface area (Å²) < 4.78 is 7.21. The minimum Gasteiger partial charge on any atom is -0.497 e. The molecule has 0 atom stereocenters. The second-order valence-electron chi connectivity index (χ2n) is 7.20. The van der Waals surface area contributed by atoms with Crippen LogP contribution in [0.25, 0.3) is 26.8 Å². The van der Waals surface area contributed by atoms with Gasteiger partial charge in [-0.3, -0.25) is 9.20 Å². The van der Waals surface area contributed by atoms with Crippen LogP contribution in [0.15, 0.2) is 71.6 Å². The van der Waals surface area contributed by atoms with E-state index in [0.717, 1.165) is 43.9 Å². The molecule has 3 aromatic heterocycles. The van der Waals surface area contributed by atoms with Crippen molar-refractivity contribution in [1.82, 2.24) is 19.7 Å². The third-order valence-corrected chi connectivity index (χ3v) is 6.88. The lowest BCUT2D eigenvalue weighted by atomic mass is 10.2. The second-order valence-corrected chi connectivity index (χ2v) is 8.89. The number of rotatable bonds is 7. The Hall–Kier alpha value is -3.49. The number of thiazole rings is 2. The number of fused-ring (bicyclic) bond motifs is 1. The van der Waals surface area contributed by atoms with Gasteiger partial charge in [0, 0.05) is 33.8 Å². The minimum absolute atomic E-state index is 0.0429. The molecular weight excluding hydrogens is 440 g/mol. The van der Waals surface area contributed by atoms with Crippen LogP contribution < -0.4 is 10.1 Å². The standard InChI is InChI=1S/C24H20N4O2S2/c1-30-20-9-7-16(8-10-20)21-13-28-19(15-32-24(28)27-21)11-22(29)25-12-18-14-31-23(26-18)17-5-3-2-4-6-17/h2-10,13-15H,11-12H2,1H3,(H,25,29). The van der Waals surface area contributed by atoms with E-state index in [-0.39, 0.29) is 12.3 Å². The molecule has 1 amide bonds. The van der Waals surface area contributed by atoms with Gasteiger partial charge in [-0.1, -0.05) is 30.3 Å². The van der Waals surface area contributed by atoms with Crippen LogP contribution in [-0.4, -0.2) is 27.4 Å². The van der Waals surface area contributed by atoms with Gasteiger partial charge in [0.05, 0.1) is 31.5 Å². The molecule has 0 aliphatic rings. The molecule has 32 heavy (non-hydrogen) atoms. The molecule has 160 valence electrons. The van der Waals surface area contributed by atoms with Crippen LogP contribution in [0.1, 0.15) is 11.4 Å². The number of benzene rings is 2. The Balaban J connectivity index is 1.24. The number of carbonyl (C=O) groups excluding carboxylic acids is 1. The van der Waals surface area contributed by atoms with Crippen molar-refractivity contribution in [2.24, 2.45) is 0 Å². The summed E-state index contributed by atoms with van der Waals surface area (Å²) >= 11 is 3.11. The molecule has 5 aromatic rings. The van der Waals surface area contributed by atoms with E-state index in [0.29, 0.717) is 6.54 Å². The number of nitrogens with one attached hydrogen (secondary N) is 1. The maximum atomic E-state index is 12.6. The predicted molar refractivity (Wildman–Crippen MR) is 128 cm³/mol. The predicted octanol–water partition coefficient (Wildman–Crippen LogP) is 5.05. The average Bonchev–Trinajstić information content (AvgIpc) is 3.56. The number of nitrogens with zero attached hydrogens (tertiary/aromatic N) is 3. The molecule has 0 radical (unpaired) electrons. The summed E-state index contributed by atoms with van der Waals surface area (Å²) in [5, 5.41) is 7.91. The van der Waals surface area contributed by atoms with Crippen molar-refractivity contribution in [3.8, 4) is 27.6 Å². The average molecular weight is 461 g/mol. The van der Waals surface area contributed by atoms with Crippen LogP contribution >= 0.6 is 22.7 Å². The lowest BCUT2D eigenvalue weighted by Gasteiger charge is -2.03. The highest BCUT2D eigenvalue weighted by molar-refractivity contribution is 7.15. The molecule has 3 heterocycles. The number of amides is 1. The van der Waals surface area contributed by atoms with Crippen molar-refractivity contribution in [3.63, 3.8) is 0 Å². The molecule has 0 fully saturated rings. The molecule has 0 aliphatic carbocycles. The lowest BCUT2D eigenvalue weighted by molar-refractivity contribution is -0.120. The van der Waals surface area contributed by atoms with Crippen LogP contribution in [0, 0.1) is 0 Å². The maximum absolute atomic E-state index is 12.6. The number of hydrogen-bond donors (Lipinski definition) is 1. The van der Waals surface area contributed by atoms with Crippen LogP contribution in [0.5, 0.6) is 5.75 Å². The van der Waals surface area contributed by atoms with Crippen LogP contribution in [0.4, 0.5) is 0 Å². The summed E-state index contributed by atoms with van der Waals surface area (Å²) in [6.07, 6.45) is 2.26. The first-order chi connectivity index (χ1) is 15.7. The van der Waals surface area contributed by atoms with E-state index < -0.39 is 0 Å². The highest BCUT2D eigenvalue weighted by Gasteiger charge is 2.13. The van der Waals surface area contributed by atoms with Crippen LogP contribution in [0.3, 0.4) is 0 Å². The molecule has 1 N–H and O–H groups in total. The van der Waals surface area contributed by atoms with Crippen LogP contribution in [0.2, 0.25) is 0 Å². The SMILES string of the molecule is COc1ccc(-c2cn3c(CC(=O)NCc4csc(-c5ccccc5)n4)csc3n2)cc1. The quantitative estimate of drug-likeness (QED) is 0.369. The number of hydrogen-bond acceptors (Lipinski definition) is 6.